The standard InChI is InChI=1S/C7H6F2NO/c8-7(9)11-6-4-2-1-3-5(6)10/h1-4,7,10H. The van der Waals surface area contributed by atoms with Gasteiger partial charge in [-0.2, -0.15) is 8.78 Å². The summed E-state index contributed by atoms with van der Waals surface area (Å²) in [5.41, 5.74) is 7.07. The fraction of sp³-hybridized carbons (Fsp3) is 0.143. The molecule has 0 aliphatic rings. The summed E-state index contributed by atoms with van der Waals surface area (Å²) in [5, 5.41) is 0. The number of ether oxygens (including phenoxy) is 1. The Bertz CT molecular complexity index is 240. The molecule has 4 heteroatoms. The Morgan fingerprint density at radius 3 is 2.45 bits per heavy atom. The van der Waals surface area contributed by atoms with E-state index in [0.717, 1.165) is 0 Å². The van der Waals surface area contributed by atoms with E-state index in [1.165, 1.54) is 18.2 Å². The monoisotopic (exact) mass is 158 g/mol. The van der Waals surface area contributed by atoms with Crippen LogP contribution >= 0.6 is 0 Å². The van der Waals surface area contributed by atoms with Crippen LogP contribution in [0.4, 0.5) is 14.5 Å². The molecular formula is C7H6F2NO. The SMILES string of the molecule is [NH]c1ccccc1OC(F)F. The van der Waals surface area contributed by atoms with E-state index in [4.69, 9.17) is 5.73 Å². The molecule has 1 aromatic carbocycles. The maximum Gasteiger partial charge on any atom is 0.387 e. The van der Waals surface area contributed by atoms with E-state index >= 15 is 0 Å². The molecule has 0 saturated carbocycles. The highest BCUT2D eigenvalue weighted by Crippen LogP contribution is 2.22. The van der Waals surface area contributed by atoms with E-state index in [2.05, 4.69) is 4.74 Å². The van der Waals surface area contributed by atoms with Crippen LogP contribution in [0.1, 0.15) is 0 Å². The molecule has 1 N–H and O–H groups in total. The van der Waals surface area contributed by atoms with Gasteiger partial charge < -0.3 is 4.74 Å². The van der Waals surface area contributed by atoms with Crippen LogP contribution in [-0.4, -0.2) is 6.61 Å². The number of halogens is 2. The molecule has 59 valence electrons. The molecule has 0 aliphatic heterocycles. The van der Waals surface area contributed by atoms with Crippen molar-refractivity contribution in [3.8, 4) is 5.75 Å². The molecule has 2 nitrogen and oxygen atoms in total. The van der Waals surface area contributed by atoms with Crippen molar-refractivity contribution in [2.75, 3.05) is 0 Å². The third kappa shape index (κ3) is 2.07. The zero-order valence-corrected chi connectivity index (χ0v) is 5.55. The average Bonchev–Trinajstić information content (AvgIpc) is 1.93. The number of rotatable bonds is 2. The molecular weight excluding hydrogens is 152 g/mol. The summed E-state index contributed by atoms with van der Waals surface area (Å²) in [6.07, 6.45) is 0. The number of hydrogen-bond donors (Lipinski definition) is 0. The Labute approximate surface area is 62.6 Å². The number of benzene rings is 1. The van der Waals surface area contributed by atoms with E-state index < -0.39 is 6.61 Å². The fourth-order valence-electron chi connectivity index (χ4n) is 0.665. The largest absolute Gasteiger partial charge is 0.433 e. The molecule has 11 heavy (non-hydrogen) atoms. The molecule has 0 atom stereocenters. The molecule has 0 unspecified atom stereocenters. The summed E-state index contributed by atoms with van der Waals surface area (Å²) in [6.45, 7) is -2.86. The molecule has 1 rings (SSSR count). The van der Waals surface area contributed by atoms with Gasteiger partial charge in [0.1, 0.15) is 0 Å². The maximum absolute atomic E-state index is 11.6. The molecule has 1 aromatic rings. The van der Waals surface area contributed by atoms with Gasteiger partial charge in [0.05, 0.1) is 5.69 Å². The first-order valence-corrected chi connectivity index (χ1v) is 2.95. The Balaban J connectivity index is 2.78. The molecule has 1 radical (unpaired) electrons. The lowest BCUT2D eigenvalue weighted by Gasteiger charge is -2.04. The summed E-state index contributed by atoms with van der Waals surface area (Å²) in [4.78, 5) is 0. The van der Waals surface area contributed by atoms with Crippen LogP contribution in [0.15, 0.2) is 24.3 Å². The van der Waals surface area contributed by atoms with Crippen molar-refractivity contribution < 1.29 is 13.5 Å². The van der Waals surface area contributed by atoms with Crippen molar-refractivity contribution in [2.24, 2.45) is 0 Å². The molecule has 0 bridgehead atoms. The first-order chi connectivity index (χ1) is 5.20. The van der Waals surface area contributed by atoms with Crippen molar-refractivity contribution in [1.29, 1.82) is 0 Å². The van der Waals surface area contributed by atoms with E-state index in [1.807, 2.05) is 0 Å². The van der Waals surface area contributed by atoms with E-state index in [9.17, 15) is 8.78 Å². The Hall–Kier alpha value is -1.32. The van der Waals surface area contributed by atoms with Gasteiger partial charge in [-0.3, -0.25) is 5.73 Å². The lowest BCUT2D eigenvalue weighted by molar-refractivity contribution is -0.0494. The van der Waals surface area contributed by atoms with E-state index in [0.29, 0.717) is 0 Å². The van der Waals surface area contributed by atoms with Crippen molar-refractivity contribution >= 4 is 5.69 Å². The molecule has 0 saturated heterocycles. The van der Waals surface area contributed by atoms with Crippen LogP contribution in [0.3, 0.4) is 0 Å². The quantitative estimate of drug-likeness (QED) is 0.649. The highest BCUT2D eigenvalue weighted by Gasteiger charge is 2.05. The predicted octanol–water partition coefficient (Wildman–Crippen LogP) is 2.20. The second-order valence-electron chi connectivity index (χ2n) is 1.87. The molecule has 0 fully saturated rings. The Morgan fingerprint density at radius 2 is 1.91 bits per heavy atom. The van der Waals surface area contributed by atoms with Crippen molar-refractivity contribution in [3.05, 3.63) is 24.3 Å². The molecule has 0 spiro atoms. The topological polar surface area (TPSA) is 33.0 Å². The zero-order chi connectivity index (χ0) is 8.27. The summed E-state index contributed by atoms with van der Waals surface area (Å²) in [5.74, 6) is -0.0949. The van der Waals surface area contributed by atoms with Crippen LogP contribution in [0.25, 0.3) is 0 Å². The summed E-state index contributed by atoms with van der Waals surface area (Å²) in [6, 6.07) is 5.84. The van der Waals surface area contributed by atoms with Gasteiger partial charge in [-0.25, -0.2) is 0 Å². The first kappa shape index (κ1) is 7.78. The van der Waals surface area contributed by atoms with Crippen LogP contribution in [0, 0.1) is 0 Å². The number of hydrogen-bond acceptors (Lipinski definition) is 1. The number of para-hydroxylation sites is 1. The summed E-state index contributed by atoms with van der Waals surface area (Å²) >= 11 is 0. The van der Waals surface area contributed by atoms with E-state index in [1.54, 1.807) is 6.07 Å². The van der Waals surface area contributed by atoms with Crippen LogP contribution in [0.2, 0.25) is 0 Å². The normalized spacial score (nSPS) is 10.1. The van der Waals surface area contributed by atoms with Crippen LogP contribution < -0.4 is 10.5 Å². The van der Waals surface area contributed by atoms with Gasteiger partial charge in [-0.1, -0.05) is 12.1 Å². The Kier molecular flexibility index (Phi) is 2.25. The highest BCUT2D eigenvalue weighted by molar-refractivity contribution is 5.48. The average molecular weight is 158 g/mol. The minimum absolute atomic E-state index is 0.0344. The molecule has 0 amide bonds. The van der Waals surface area contributed by atoms with Gasteiger partial charge >= 0.3 is 6.61 Å². The van der Waals surface area contributed by atoms with Crippen molar-refractivity contribution in [1.82, 2.24) is 5.73 Å². The lowest BCUT2D eigenvalue weighted by Crippen LogP contribution is -2.02. The van der Waals surface area contributed by atoms with Gasteiger partial charge in [-0.05, 0) is 12.1 Å². The summed E-state index contributed by atoms with van der Waals surface area (Å²) < 4.78 is 27.2. The molecule has 0 aliphatic carbocycles. The third-order valence-electron chi connectivity index (χ3n) is 1.10. The summed E-state index contributed by atoms with van der Waals surface area (Å²) in [7, 11) is 0. The van der Waals surface area contributed by atoms with Crippen LogP contribution in [0.5, 0.6) is 5.75 Å². The predicted molar refractivity (Wildman–Crippen MR) is 35.8 cm³/mol. The number of alkyl halides is 2. The maximum atomic E-state index is 11.6. The smallest absolute Gasteiger partial charge is 0.387 e. The van der Waals surface area contributed by atoms with Crippen molar-refractivity contribution in [3.63, 3.8) is 0 Å². The van der Waals surface area contributed by atoms with Crippen molar-refractivity contribution in [2.45, 2.75) is 6.61 Å². The van der Waals surface area contributed by atoms with Gasteiger partial charge in [0.15, 0.2) is 5.75 Å². The van der Waals surface area contributed by atoms with Crippen LogP contribution in [-0.2, 0) is 0 Å². The number of nitrogens with one attached hydrogen (secondary N) is 1. The second-order valence-corrected chi connectivity index (χ2v) is 1.87. The van der Waals surface area contributed by atoms with Gasteiger partial charge in [0.2, 0.25) is 0 Å². The van der Waals surface area contributed by atoms with E-state index in [-0.39, 0.29) is 11.4 Å². The Morgan fingerprint density at radius 1 is 1.27 bits per heavy atom. The first-order valence-electron chi connectivity index (χ1n) is 2.95. The minimum Gasteiger partial charge on any atom is -0.433 e. The zero-order valence-electron chi connectivity index (χ0n) is 5.55. The fourth-order valence-corrected chi connectivity index (χ4v) is 0.665. The molecule has 0 heterocycles. The minimum atomic E-state index is -2.86. The van der Waals surface area contributed by atoms with Gasteiger partial charge in [0.25, 0.3) is 0 Å². The highest BCUT2D eigenvalue weighted by atomic mass is 19.3. The lowest BCUT2D eigenvalue weighted by atomic mass is 10.3. The van der Waals surface area contributed by atoms with Gasteiger partial charge in [0, 0.05) is 0 Å². The molecule has 0 aromatic heterocycles. The van der Waals surface area contributed by atoms with Gasteiger partial charge in [-0.15, -0.1) is 0 Å². The third-order valence-corrected chi connectivity index (χ3v) is 1.10. The second kappa shape index (κ2) is 3.18.